The van der Waals surface area contributed by atoms with Gasteiger partial charge in [-0.2, -0.15) is 5.26 Å². The average molecular weight is 283 g/mol. The van der Waals surface area contributed by atoms with E-state index in [0.29, 0.717) is 5.75 Å². The topological polar surface area (TPSA) is 45.0 Å². The lowest BCUT2D eigenvalue weighted by Gasteiger charge is -2.07. The first kappa shape index (κ1) is 13.0. The van der Waals surface area contributed by atoms with Crippen molar-refractivity contribution in [3.8, 4) is 11.8 Å². The summed E-state index contributed by atoms with van der Waals surface area (Å²) < 4.78 is 6.13. The van der Waals surface area contributed by atoms with Crippen LogP contribution in [-0.2, 0) is 6.54 Å². The molecule has 1 aromatic rings. The number of nitriles is 1. The van der Waals surface area contributed by atoms with Crippen molar-refractivity contribution in [3.63, 3.8) is 0 Å². The molecule has 16 heavy (non-hydrogen) atoms. The highest BCUT2D eigenvalue weighted by atomic mass is 79.9. The van der Waals surface area contributed by atoms with Gasteiger partial charge in [0.1, 0.15) is 11.8 Å². The van der Waals surface area contributed by atoms with Crippen molar-refractivity contribution in [2.45, 2.75) is 19.9 Å². The Morgan fingerprint density at radius 2 is 2.31 bits per heavy atom. The van der Waals surface area contributed by atoms with Gasteiger partial charge < -0.3 is 10.1 Å². The number of ether oxygens (including phenoxy) is 1. The van der Waals surface area contributed by atoms with Crippen molar-refractivity contribution in [1.29, 1.82) is 5.26 Å². The molecule has 0 fully saturated rings. The smallest absolute Gasteiger partial charge is 0.174 e. The summed E-state index contributed by atoms with van der Waals surface area (Å²) in [5.74, 6) is 0.709. The average Bonchev–Trinajstić information content (AvgIpc) is 2.28. The van der Waals surface area contributed by atoms with E-state index in [4.69, 9.17) is 10.00 Å². The number of hydrogen-bond donors (Lipinski definition) is 1. The molecule has 0 saturated heterocycles. The molecule has 0 aromatic heterocycles. The molecule has 0 aliphatic heterocycles. The summed E-state index contributed by atoms with van der Waals surface area (Å²) in [4.78, 5) is 0. The van der Waals surface area contributed by atoms with Crippen LogP contribution >= 0.6 is 15.9 Å². The van der Waals surface area contributed by atoms with E-state index < -0.39 is 0 Å². The molecule has 0 bridgehead atoms. The zero-order valence-electron chi connectivity index (χ0n) is 9.29. The van der Waals surface area contributed by atoms with Crippen molar-refractivity contribution >= 4 is 15.9 Å². The van der Waals surface area contributed by atoms with Gasteiger partial charge in [0.25, 0.3) is 0 Å². The van der Waals surface area contributed by atoms with Gasteiger partial charge in [0, 0.05) is 6.54 Å². The molecule has 3 nitrogen and oxygen atoms in total. The number of nitrogens with one attached hydrogen (secondary N) is 1. The first-order valence-electron chi connectivity index (χ1n) is 5.26. The molecule has 86 valence electrons. The van der Waals surface area contributed by atoms with Crippen LogP contribution in [-0.4, -0.2) is 13.2 Å². The summed E-state index contributed by atoms with van der Waals surface area (Å²) in [5.41, 5.74) is 1.20. The molecule has 1 N–H and O–H groups in total. The Bertz CT molecular complexity index is 374. The van der Waals surface area contributed by atoms with Crippen molar-refractivity contribution in [2.24, 2.45) is 0 Å². The SMILES string of the molecule is CCCNCc1ccc(OCC#N)c(Br)c1. The summed E-state index contributed by atoms with van der Waals surface area (Å²) >= 11 is 3.42. The van der Waals surface area contributed by atoms with Gasteiger partial charge in [0.15, 0.2) is 6.61 Å². The molecule has 0 radical (unpaired) electrons. The van der Waals surface area contributed by atoms with Crippen LogP contribution in [0.4, 0.5) is 0 Å². The molecule has 0 aliphatic carbocycles. The summed E-state index contributed by atoms with van der Waals surface area (Å²) in [5, 5.41) is 11.7. The first-order chi connectivity index (χ1) is 7.77. The standard InChI is InChI=1S/C12H15BrN2O/c1-2-6-15-9-10-3-4-12(11(13)8-10)16-7-5-14/h3-4,8,15H,2,6-7,9H2,1H3. The van der Waals surface area contributed by atoms with Gasteiger partial charge in [0.05, 0.1) is 4.47 Å². The van der Waals surface area contributed by atoms with Crippen LogP contribution in [0.2, 0.25) is 0 Å². The van der Waals surface area contributed by atoms with Gasteiger partial charge in [-0.1, -0.05) is 13.0 Å². The number of benzene rings is 1. The summed E-state index contributed by atoms with van der Waals surface area (Å²) in [6.45, 7) is 4.09. The maximum Gasteiger partial charge on any atom is 0.174 e. The van der Waals surface area contributed by atoms with Crippen LogP contribution in [0.15, 0.2) is 22.7 Å². The van der Waals surface area contributed by atoms with Crippen LogP contribution in [0.1, 0.15) is 18.9 Å². The van der Waals surface area contributed by atoms with E-state index in [1.807, 2.05) is 24.3 Å². The largest absolute Gasteiger partial charge is 0.478 e. The second-order valence-electron chi connectivity index (χ2n) is 3.39. The monoisotopic (exact) mass is 282 g/mol. The van der Waals surface area contributed by atoms with Gasteiger partial charge in [-0.15, -0.1) is 0 Å². The number of rotatable bonds is 6. The lowest BCUT2D eigenvalue weighted by molar-refractivity contribution is 0.365. The molecule has 0 atom stereocenters. The van der Waals surface area contributed by atoms with Crippen LogP contribution in [0, 0.1) is 11.3 Å². The van der Waals surface area contributed by atoms with Crippen LogP contribution in [0.3, 0.4) is 0 Å². The highest BCUT2D eigenvalue weighted by Crippen LogP contribution is 2.25. The third kappa shape index (κ3) is 4.21. The lowest BCUT2D eigenvalue weighted by atomic mass is 10.2. The minimum Gasteiger partial charge on any atom is -0.478 e. The Labute approximate surface area is 105 Å². The fourth-order valence-electron chi connectivity index (χ4n) is 1.29. The highest BCUT2D eigenvalue weighted by Gasteiger charge is 2.02. The Hall–Kier alpha value is -1.05. The molecule has 0 saturated carbocycles. The van der Waals surface area contributed by atoms with E-state index in [1.54, 1.807) is 0 Å². The molecule has 0 heterocycles. The second-order valence-corrected chi connectivity index (χ2v) is 4.24. The fraction of sp³-hybridized carbons (Fsp3) is 0.417. The minimum absolute atomic E-state index is 0.0754. The van der Waals surface area contributed by atoms with Gasteiger partial charge in [-0.05, 0) is 46.6 Å². The summed E-state index contributed by atoms with van der Waals surface area (Å²) in [6, 6.07) is 7.83. The number of hydrogen-bond acceptors (Lipinski definition) is 3. The second kappa shape index (κ2) is 7.26. The Kier molecular flexibility index (Phi) is 5.91. The quantitative estimate of drug-likeness (QED) is 0.816. The summed E-state index contributed by atoms with van der Waals surface area (Å²) in [7, 11) is 0. The molecule has 1 rings (SSSR count). The third-order valence-corrected chi connectivity index (χ3v) is 2.66. The van der Waals surface area contributed by atoms with E-state index in [-0.39, 0.29) is 6.61 Å². The Morgan fingerprint density at radius 3 is 2.94 bits per heavy atom. The van der Waals surface area contributed by atoms with E-state index in [1.165, 1.54) is 5.56 Å². The number of nitrogens with zero attached hydrogens (tertiary/aromatic N) is 1. The van der Waals surface area contributed by atoms with Crippen molar-refractivity contribution < 1.29 is 4.74 Å². The van der Waals surface area contributed by atoms with Gasteiger partial charge in [0.2, 0.25) is 0 Å². The zero-order valence-corrected chi connectivity index (χ0v) is 10.9. The predicted octanol–water partition coefficient (Wildman–Crippen LogP) is 2.85. The van der Waals surface area contributed by atoms with Crippen molar-refractivity contribution in [1.82, 2.24) is 5.32 Å². The normalized spacial score (nSPS) is 9.81. The van der Waals surface area contributed by atoms with Crippen molar-refractivity contribution in [3.05, 3.63) is 28.2 Å². The van der Waals surface area contributed by atoms with Gasteiger partial charge in [-0.3, -0.25) is 0 Å². The Balaban J connectivity index is 2.57. The van der Waals surface area contributed by atoms with Gasteiger partial charge in [-0.25, -0.2) is 0 Å². The predicted molar refractivity (Wildman–Crippen MR) is 67.2 cm³/mol. The van der Waals surface area contributed by atoms with E-state index in [9.17, 15) is 0 Å². The molecule has 0 aliphatic rings. The maximum atomic E-state index is 8.42. The maximum absolute atomic E-state index is 8.42. The molecular formula is C12H15BrN2O. The first-order valence-corrected chi connectivity index (χ1v) is 6.06. The molecule has 0 spiro atoms. The van der Waals surface area contributed by atoms with Crippen molar-refractivity contribution in [2.75, 3.05) is 13.2 Å². The molecule has 4 heteroatoms. The minimum atomic E-state index is 0.0754. The molecule has 0 unspecified atom stereocenters. The van der Waals surface area contributed by atoms with E-state index in [2.05, 4.69) is 28.2 Å². The number of halogens is 1. The van der Waals surface area contributed by atoms with Gasteiger partial charge >= 0.3 is 0 Å². The highest BCUT2D eigenvalue weighted by molar-refractivity contribution is 9.10. The van der Waals surface area contributed by atoms with Crippen LogP contribution in [0.25, 0.3) is 0 Å². The summed E-state index contributed by atoms with van der Waals surface area (Å²) in [6.07, 6.45) is 1.13. The van der Waals surface area contributed by atoms with Crippen LogP contribution in [0.5, 0.6) is 5.75 Å². The Morgan fingerprint density at radius 1 is 1.50 bits per heavy atom. The molecular weight excluding hydrogens is 268 g/mol. The zero-order chi connectivity index (χ0) is 11.8. The lowest BCUT2D eigenvalue weighted by Crippen LogP contribution is -2.13. The van der Waals surface area contributed by atoms with E-state index >= 15 is 0 Å². The molecule has 0 amide bonds. The van der Waals surface area contributed by atoms with Crippen LogP contribution < -0.4 is 10.1 Å². The fourth-order valence-corrected chi connectivity index (χ4v) is 1.83. The van der Waals surface area contributed by atoms with E-state index in [0.717, 1.165) is 24.0 Å². The molecule has 1 aromatic carbocycles. The third-order valence-electron chi connectivity index (χ3n) is 2.04.